The summed E-state index contributed by atoms with van der Waals surface area (Å²) in [5, 5.41) is 23.0. The standard InChI is InChI=1S/C58H50N8O11S3/c1-57-25-22-38-37-18-13-33(67)27-32(37)12-17-39(38)47(57)23-26-58(57,68)24-7-5-3-2-4-6-9-31-10-8-11-43-48(31)56-65-51-42-21-16-36(80(75,76)77)30-46(42)54(63-51)61-49-40-19-14-34(78(69,70)71)28-44(40)53(59-49)60-50-41-20-15-35(79(72,73)74)29-45(41)55(62-50)64-52(43)66-56/h8,10-11,13-16,18-21,27-30,38-39,42,47-48,67-68H,3,5,7,12,17,22-26H2,1H3,(H,63,65,66)(H,69,70,71)(H,72,73,74)(H,75,76,77)(H,59,60,61,62,64)/t38-,39-,42?,47+,48?,57+,58-/m1/s1. The predicted octanol–water partition coefficient (Wildman–Crippen LogP) is 6.86. The highest BCUT2D eigenvalue weighted by Crippen LogP contribution is 2.65. The van der Waals surface area contributed by atoms with Gasteiger partial charge in [0.05, 0.1) is 32.1 Å². The largest absolute Gasteiger partial charge is 0.508 e. The van der Waals surface area contributed by atoms with Gasteiger partial charge >= 0.3 is 0 Å². The van der Waals surface area contributed by atoms with Gasteiger partial charge in [-0.1, -0.05) is 43.1 Å². The maximum atomic E-state index is 12.5. The molecule has 406 valence electrons. The molecule has 22 heteroatoms. The number of phenols is 1. The number of phenolic OH excluding ortho intramolecular Hbond substituents is 1. The lowest BCUT2D eigenvalue weighted by Gasteiger charge is -2.53. The Morgan fingerprint density at radius 1 is 0.738 bits per heavy atom. The van der Waals surface area contributed by atoms with Crippen molar-refractivity contribution in [3.8, 4) is 52.2 Å². The third kappa shape index (κ3) is 8.77. The monoisotopic (exact) mass is 1130 g/mol. The summed E-state index contributed by atoms with van der Waals surface area (Å²) in [6, 6.07) is 13.3. The molecule has 2 aromatic heterocycles. The first-order valence-electron chi connectivity index (χ1n) is 26.2. The van der Waals surface area contributed by atoms with E-state index in [1.165, 1.54) is 53.6 Å². The number of unbranched alkanes of at least 4 members (excludes halogenated alkanes) is 2. The van der Waals surface area contributed by atoms with E-state index >= 15 is 0 Å². The maximum Gasteiger partial charge on any atom is 0.294 e. The molecule has 5 heterocycles. The van der Waals surface area contributed by atoms with Crippen molar-refractivity contribution in [2.45, 2.75) is 104 Å². The summed E-state index contributed by atoms with van der Waals surface area (Å²) in [4.78, 5) is 34.2. The van der Waals surface area contributed by atoms with E-state index < -0.39 is 62.5 Å². The van der Waals surface area contributed by atoms with E-state index in [1.54, 1.807) is 12.2 Å². The fourth-order valence-corrected chi connectivity index (χ4v) is 15.2. The first kappa shape index (κ1) is 51.7. The van der Waals surface area contributed by atoms with Crippen LogP contribution >= 0.6 is 0 Å². The Bertz CT molecular complexity index is 4600. The molecule has 5 aliphatic carbocycles. The molecule has 0 saturated heterocycles. The van der Waals surface area contributed by atoms with Gasteiger partial charge in [-0.15, -0.1) is 0 Å². The smallest absolute Gasteiger partial charge is 0.294 e. The zero-order valence-electron chi connectivity index (χ0n) is 42.7. The van der Waals surface area contributed by atoms with Crippen molar-refractivity contribution >= 4 is 63.6 Å². The van der Waals surface area contributed by atoms with Crippen LogP contribution in [0, 0.1) is 40.9 Å². The zero-order valence-corrected chi connectivity index (χ0v) is 45.2. The molecule has 3 aliphatic heterocycles. The molecule has 2 fully saturated rings. The number of aromatic nitrogens is 8. The number of nitrogens with zero attached hydrogens (tertiary/aromatic N) is 6. The number of allylic oxidation sites excluding steroid dienone is 7. The number of nitrogens with one attached hydrogen (secondary N) is 2. The highest BCUT2D eigenvalue weighted by Gasteiger charge is 2.61. The Morgan fingerprint density at radius 2 is 1.52 bits per heavy atom. The summed E-state index contributed by atoms with van der Waals surface area (Å²) >= 11 is 0. The third-order valence-electron chi connectivity index (χ3n) is 17.5. The van der Waals surface area contributed by atoms with Crippen molar-refractivity contribution in [1.29, 1.82) is 0 Å². The normalized spacial score (nSPS) is 24.8. The van der Waals surface area contributed by atoms with Gasteiger partial charge in [0.2, 0.25) is 0 Å². The molecule has 19 nitrogen and oxygen atoms in total. The summed E-state index contributed by atoms with van der Waals surface area (Å²) in [5.74, 6) is 13.1. The minimum atomic E-state index is -4.73. The molecule has 0 radical (unpaired) electrons. The van der Waals surface area contributed by atoms with E-state index in [0.717, 1.165) is 63.5 Å². The van der Waals surface area contributed by atoms with Gasteiger partial charge in [-0.3, -0.25) is 13.7 Å². The van der Waals surface area contributed by atoms with Crippen molar-refractivity contribution in [2.75, 3.05) is 0 Å². The van der Waals surface area contributed by atoms with Crippen LogP contribution in [0.2, 0.25) is 0 Å². The molecule has 2 saturated carbocycles. The number of fused-ring (bicyclic) bond motifs is 23. The van der Waals surface area contributed by atoms with E-state index in [-0.39, 0.29) is 73.1 Å². The van der Waals surface area contributed by atoms with Gasteiger partial charge in [-0.25, -0.2) is 29.9 Å². The van der Waals surface area contributed by atoms with Crippen LogP contribution in [-0.2, 0) is 36.8 Å². The number of aromatic hydroxyl groups is 1. The molecule has 0 spiro atoms. The molecular weight excluding hydrogens is 1080 g/mol. The number of rotatable bonds is 7. The lowest BCUT2D eigenvalue weighted by Crippen LogP contribution is -2.50. The van der Waals surface area contributed by atoms with Crippen LogP contribution in [0.1, 0.15) is 105 Å². The van der Waals surface area contributed by atoms with Gasteiger partial charge < -0.3 is 20.2 Å². The molecule has 7 N–H and O–H groups in total. The molecule has 13 rings (SSSR count). The SMILES string of the molecule is C[C@]12CC[C@@H]3c4ccc(O)cc4CC[C@H]3[C@@H]1CC[C@]2(O)CCCCC#CC#CC1=CC=CC2=c3nc(nc4[nH]c(nc5nc(nc6[nH]c(n3)c3cc(S(=O)(=O)O)ccc63)-c3cc(S(=O)(=O)O)ccc3-5)=C3C=C(S(=O)(=O)O)C=CC34)C12. The second kappa shape index (κ2) is 18.7. The second-order valence-corrected chi connectivity index (χ2v) is 26.1. The second-order valence-electron chi connectivity index (χ2n) is 21.8. The van der Waals surface area contributed by atoms with Crippen LogP contribution in [0.5, 0.6) is 5.75 Å². The van der Waals surface area contributed by atoms with E-state index in [1.807, 2.05) is 18.2 Å². The van der Waals surface area contributed by atoms with E-state index in [9.17, 15) is 49.1 Å². The number of hydrogen-bond donors (Lipinski definition) is 7. The summed E-state index contributed by atoms with van der Waals surface area (Å²) in [5.41, 5.74) is 3.89. The lowest BCUT2D eigenvalue weighted by molar-refractivity contribution is -0.108. The first-order chi connectivity index (χ1) is 38.1. The number of hydrogen-bond acceptors (Lipinski definition) is 14. The van der Waals surface area contributed by atoms with Crippen molar-refractivity contribution < 1.29 is 49.1 Å². The van der Waals surface area contributed by atoms with Crippen LogP contribution < -0.4 is 11.0 Å². The van der Waals surface area contributed by atoms with Gasteiger partial charge in [0.1, 0.15) is 34.2 Å². The summed E-state index contributed by atoms with van der Waals surface area (Å²) in [7, 11) is -14.2. The number of aliphatic hydroxyl groups is 1. The number of H-pyrrole nitrogens is 2. The number of aromatic amines is 2. The molecule has 8 aliphatic rings. The minimum Gasteiger partial charge on any atom is -0.508 e. The lowest BCUT2D eigenvalue weighted by atomic mass is 9.53. The molecule has 8 bridgehead atoms. The van der Waals surface area contributed by atoms with E-state index in [0.29, 0.717) is 52.9 Å². The van der Waals surface area contributed by atoms with E-state index in [4.69, 9.17) is 24.9 Å². The summed E-state index contributed by atoms with van der Waals surface area (Å²) in [6.45, 7) is 2.31. The van der Waals surface area contributed by atoms with Crippen LogP contribution in [0.15, 0.2) is 111 Å². The van der Waals surface area contributed by atoms with Gasteiger partial charge in [0.15, 0.2) is 17.1 Å². The Kier molecular flexibility index (Phi) is 12.1. The molecule has 80 heavy (non-hydrogen) atoms. The topological polar surface area (TPSA) is 312 Å². The Morgan fingerprint density at radius 3 is 2.34 bits per heavy atom. The van der Waals surface area contributed by atoms with Crippen LogP contribution in [0.3, 0.4) is 0 Å². The Labute approximate surface area is 459 Å². The average molecular weight is 1130 g/mol. The molecule has 5 aromatic rings. The highest BCUT2D eigenvalue weighted by atomic mass is 32.2. The van der Waals surface area contributed by atoms with Crippen molar-refractivity contribution in [3.05, 3.63) is 135 Å². The van der Waals surface area contributed by atoms with Gasteiger partial charge in [0, 0.05) is 45.0 Å². The Balaban J connectivity index is 0.855. The predicted molar refractivity (Wildman–Crippen MR) is 294 cm³/mol. The van der Waals surface area contributed by atoms with Crippen molar-refractivity contribution in [2.24, 2.45) is 17.3 Å². The molecule has 7 atom stereocenters. The van der Waals surface area contributed by atoms with Crippen LogP contribution in [-0.4, -0.2) is 94.6 Å². The minimum absolute atomic E-state index is 0.0108. The maximum absolute atomic E-state index is 12.5. The zero-order chi connectivity index (χ0) is 55.7. The molecule has 2 unspecified atom stereocenters. The first-order valence-corrected chi connectivity index (χ1v) is 30.5. The molecule has 3 aromatic carbocycles. The van der Waals surface area contributed by atoms with Crippen molar-refractivity contribution in [1.82, 2.24) is 39.9 Å². The number of aryl methyl sites for hydroxylation is 1. The van der Waals surface area contributed by atoms with Gasteiger partial charge in [0.25, 0.3) is 30.4 Å². The molecule has 0 amide bonds. The van der Waals surface area contributed by atoms with Gasteiger partial charge in [-0.2, -0.15) is 25.3 Å². The van der Waals surface area contributed by atoms with Crippen molar-refractivity contribution in [3.63, 3.8) is 0 Å². The quantitative estimate of drug-likeness (QED) is 0.0487. The third-order valence-corrected chi connectivity index (χ3v) is 20.1. The highest BCUT2D eigenvalue weighted by molar-refractivity contribution is 7.90. The van der Waals surface area contributed by atoms with Crippen LogP contribution in [0.25, 0.3) is 56.0 Å². The molecular formula is C58H50N8O11S3. The summed E-state index contributed by atoms with van der Waals surface area (Å²) in [6.07, 6.45) is 18.1. The summed E-state index contributed by atoms with van der Waals surface area (Å²) < 4.78 is 105. The fourth-order valence-electron chi connectivity index (χ4n) is 13.6. The Hall–Kier alpha value is -7.67. The van der Waals surface area contributed by atoms with E-state index in [2.05, 4.69) is 51.6 Å². The van der Waals surface area contributed by atoms with Crippen LogP contribution in [0.4, 0.5) is 0 Å². The fraction of sp³-hybridized carbons (Fsp3) is 0.310. The number of benzene rings is 3. The van der Waals surface area contributed by atoms with Gasteiger partial charge in [-0.05, 0) is 171 Å². The average Bonchev–Trinajstić information content (AvgIpc) is 4.39.